The van der Waals surface area contributed by atoms with Crippen LogP contribution in [0.3, 0.4) is 0 Å². The van der Waals surface area contributed by atoms with E-state index in [1.807, 2.05) is 24.3 Å². The molecule has 0 radical (unpaired) electrons. The monoisotopic (exact) mass is 352 g/mol. The number of pyridine rings is 1. The number of nitrogens with two attached hydrogens (primary N) is 1. The van der Waals surface area contributed by atoms with E-state index in [2.05, 4.69) is 23.0 Å². The molecule has 1 atom stereocenters. The fraction of sp³-hybridized carbons (Fsp3) is 0.350. The lowest BCUT2D eigenvalue weighted by Gasteiger charge is -2.19. The van der Waals surface area contributed by atoms with E-state index in [1.54, 1.807) is 14.2 Å². The first kappa shape index (κ1) is 16.7. The van der Waals surface area contributed by atoms with Crippen molar-refractivity contribution in [3.8, 4) is 11.5 Å². The highest BCUT2D eigenvalue weighted by Crippen LogP contribution is 2.33. The number of methoxy groups -OCH3 is 2. The first-order valence-corrected chi connectivity index (χ1v) is 8.82. The van der Waals surface area contributed by atoms with Gasteiger partial charge in [0.25, 0.3) is 0 Å². The van der Waals surface area contributed by atoms with Crippen LogP contribution < -0.4 is 20.5 Å². The molecule has 26 heavy (non-hydrogen) atoms. The zero-order valence-electron chi connectivity index (χ0n) is 15.4. The largest absolute Gasteiger partial charge is 0.493 e. The highest BCUT2D eigenvalue weighted by atomic mass is 16.5. The van der Waals surface area contributed by atoms with Gasteiger partial charge < -0.3 is 25.1 Å². The lowest BCUT2D eigenvalue weighted by molar-refractivity contribution is 0.355. The van der Waals surface area contributed by atoms with Crippen molar-refractivity contribution in [2.24, 2.45) is 12.8 Å². The fourth-order valence-corrected chi connectivity index (χ4v) is 3.79. The van der Waals surface area contributed by atoms with Gasteiger partial charge in [0.1, 0.15) is 11.5 Å². The average Bonchev–Trinajstić information content (AvgIpc) is 2.93. The Kier molecular flexibility index (Phi) is 4.20. The van der Waals surface area contributed by atoms with Gasteiger partial charge in [0.2, 0.25) is 0 Å². The predicted molar refractivity (Wildman–Crippen MR) is 104 cm³/mol. The minimum absolute atomic E-state index is 0.248. The molecule has 6 nitrogen and oxygen atoms in total. The Morgan fingerprint density at radius 1 is 1.15 bits per heavy atom. The standard InChI is InChI=1S/C20H24N4O2/c1-24-16-7-4-12(21)10-15(16)14-6-9-19(23-20(14)24)22-13-5-8-17(25-2)18(11-13)26-3/h5-6,8-9,11-12H,4,7,10,21H2,1-3H3,(H,22,23). The smallest absolute Gasteiger partial charge is 0.162 e. The van der Waals surface area contributed by atoms with E-state index in [0.29, 0.717) is 11.5 Å². The molecule has 2 aromatic heterocycles. The molecule has 3 N–H and O–H groups in total. The number of anilines is 2. The van der Waals surface area contributed by atoms with Gasteiger partial charge in [-0.3, -0.25) is 0 Å². The Morgan fingerprint density at radius 3 is 2.73 bits per heavy atom. The minimum Gasteiger partial charge on any atom is -0.493 e. The number of nitrogens with zero attached hydrogens (tertiary/aromatic N) is 2. The first-order chi connectivity index (χ1) is 12.6. The average molecular weight is 352 g/mol. The molecule has 2 heterocycles. The van der Waals surface area contributed by atoms with Crippen molar-refractivity contribution in [2.75, 3.05) is 19.5 Å². The maximum atomic E-state index is 6.17. The molecule has 0 saturated heterocycles. The second-order valence-corrected chi connectivity index (χ2v) is 6.75. The van der Waals surface area contributed by atoms with Gasteiger partial charge in [-0.2, -0.15) is 0 Å². The van der Waals surface area contributed by atoms with E-state index < -0.39 is 0 Å². The number of ether oxygens (including phenoxy) is 2. The summed E-state index contributed by atoms with van der Waals surface area (Å²) < 4.78 is 12.9. The molecule has 4 rings (SSSR count). The molecule has 0 amide bonds. The van der Waals surface area contributed by atoms with Crippen LogP contribution in [-0.4, -0.2) is 29.8 Å². The molecule has 1 aliphatic rings. The van der Waals surface area contributed by atoms with Gasteiger partial charge in [-0.25, -0.2) is 4.98 Å². The van der Waals surface area contributed by atoms with Crippen LogP contribution in [0.2, 0.25) is 0 Å². The number of aromatic nitrogens is 2. The van der Waals surface area contributed by atoms with Crippen molar-refractivity contribution in [3.05, 3.63) is 41.6 Å². The predicted octanol–water partition coefficient (Wildman–Crippen LogP) is 3.15. The summed E-state index contributed by atoms with van der Waals surface area (Å²) in [5.41, 5.74) is 10.8. The van der Waals surface area contributed by atoms with E-state index in [-0.39, 0.29) is 6.04 Å². The van der Waals surface area contributed by atoms with Crippen molar-refractivity contribution in [2.45, 2.75) is 25.3 Å². The Bertz CT molecular complexity index is 964. The third-order valence-corrected chi connectivity index (χ3v) is 5.15. The zero-order chi connectivity index (χ0) is 18.3. The van der Waals surface area contributed by atoms with Gasteiger partial charge in [-0.15, -0.1) is 0 Å². The van der Waals surface area contributed by atoms with Crippen molar-refractivity contribution in [1.29, 1.82) is 0 Å². The molecular formula is C20H24N4O2. The lowest BCUT2D eigenvalue weighted by atomic mass is 9.92. The van der Waals surface area contributed by atoms with Crippen molar-refractivity contribution in [1.82, 2.24) is 9.55 Å². The number of aryl methyl sites for hydroxylation is 1. The van der Waals surface area contributed by atoms with Gasteiger partial charge in [-0.05, 0) is 49.1 Å². The number of hydrogen-bond donors (Lipinski definition) is 2. The van der Waals surface area contributed by atoms with Crippen LogP contribution >= 0.6 is 0 Å². The van der Waals surface area contributed by atoms with Gasteiger partial charge >= 0.3 is 0 Å². The summed E-state index contributed by atoms with van der Waals surface area (Å²) >= 11 is 0. The molecule has 3 aromatic rings. The first-order valence-electron chi connectivity index (χ1n) is 8.82. The summed E-state index contributed by atoms with van der Waals surface area (Å²) in [5.74, 6) is 2.18. The Morgan fingerprint density at radius 2 is 1.96 bits per heavy atom. The summed E-state index contributed by atoms with van der Waals surface area (Å²) in [6, 6.07) is 10.1. The van der Waals surface area contributed by atoms with Gasteiger partial charge in [0, 0.05) is 35.9 Å². The molecular weight excluding hydrogens is 328 g/mol. The van der Waals surface area contributed by atoms with Gasteiger partial charge in [0.05, 0.1) is 14.2 Å². The quantitative estimate of drug-likeness (QED) is 0.754. The van der Waals surface area contributed by atoms with E-state index in [9.17, 15) is 0 Å². The fourth-order valence-electron chi connectivity index (χ4n) is 3.79. The van der Waals surface area contributed by atoms with E-state index in [0.717, 1.165) is 36.4 Å². The van der Waals surface area contributed by atoms with Crippen LogP contribution in [0.15, 0.2) is 30.3 Å². The Labute approximate surface area is 152 Å². The van der Waals surface area contributed by atoms with E-state index in [4.69, 9.17) is 20.2 Å². The van der Waals surface area contributed by atoms with Crippen LogP contribution in [0.25, 0.3) is 11.0 Å². The highest BCUT2D eigenvalue weighted by Gasteiger charge is 2.23. The minimum atomic E-state index is 0.248. The molecule has 0 fully saturated rings. The van der Waals surface area contributed by atoms with Crippen LogP contribution in [0.4, 0.5) is 11.5 Å². The molecule has 1 aliphatic carbocycles. The second kappa shape index (κ2) is 6.53. The summed E-state index contributed by atoms with van der Waals surface area (Å²) in [6.07, 6.45) is 2.98. The van der Waals surface area contributed by atoms with Crippen LogP contribution in [-0.2, 0) is 19.9 Å². The number of hydrogen-bond acceptors (Lipinski definition) is 5. The van der Waals surface area contributed by atoms with Crippen LogP contribution in [0.5, 0.6) is 11.5 Å². The molecule has 0 spiro atoms. The van der Waals surface area contributed by atoms with Gasteiger partial charge in [-0.1, -0.05) is 0 Å². The molecule has 6 heteroatoms. The molecule has 1 aromatic carbocycles. The van der Waals surface area contributed by atoms with Crippen molar-refractivity contribution >= 4 is 22.5 Å². The number of rotatable bonds is 4. The summed E-state index contributed by atoms with van der Waals surface area (Å²) in [4.78, 5) is 4.84. The summed E-state index contributed by atoms with van der Waals surface area (Å²) in [6.45, 7) is 0. The zero-order valence-corrected chi connectivity index (χ0v) is 15.4. The van der Waals surface area contributed by atoms with Gasteiger partial charge in [0.15, 0.2) is 11.5 Å². The number of fused-ring (bicyclic) bond motifs is 3. The third-order valence-electron chi connectivity index (χ3n) is 5.15. The summed E-state index contributed by atoms with van der Waals surface area (Å²) in [5, 5.41) is 4.56. The van der Waals surface area contributed by atoms with E-state index in [1.165, 1.54) is 16.6 Å². The normalized spacial score (nSPS) is 16.4. The molecule has 136 valence electrons. The topological polar surface area (TPSA) is 74.3 Å². The number of nitrogens with one attached hydrogen (secondary N) is 1. The molecule has 0 saturated carbocycles. The van der Waals surface area contributed by atoms with E-state index >= 15 is 0 Å². The maximum Gasteiger partial charge on any atom is 0.162 e. The Balaban J connectivity index is 1.69. The highest BCUT2D eigenvalue weighted by molar-refractivity contribution is 5.84. The Hall–Kier alpha value is -2.73. The second-order valence-electron chi connectivity index (χ2n) is 6.75. The molecule has 0 aliphatic heterocycles. The molecule has 0 bridgehead atoms. The number of benzene rings is 1. The SMILES string of the molecule is COc1ccc(Nc2ccc3c4c(n(C)c3n2)CCC(N)C4)cc1OC. The lowest BCUT2D eigenvalue weighted by Crippen LogP contribution is -2.28. The van der Waals surface area contributed by atoms with Crippen molar-refractivity contribution < 1.29 is 9.47 Å². The van der Waals surface area contributed by atoms with Crippen LogP contribution in [0.1, 0.15) is 17.7 Å². The molecule has 1 unspecified atom stereocenters. The summed E-state index contributed by atoms with van der Waals surface area (Å²) in [7, 11) is 5.35. The third kappa shape index (κ3) is 2.76. The van der Waals surface area contributed by atoms with Crippen LogP contribution in [0, 0.1) is 0 Å². The van der Waals surface area contributed by atoms with Crippen molar-refractivity contribution in [3.63, 3.8) is 0 Å². The maximum absolute atomic E-state index is 6.17.